The van der Waals surface area contributed by atoms with Crippen LogP contribution in [0, 0.1) is 10.1 Å². The minimum absolute atomic E-state index is 0.0168. The molecule has 7 nitrogen and oxygen atoms in total. The van der Waals surface area contributed by atoms with E-state index in [1.165, 1.54) is 0 Å². The highest BCUT2D eigenvalue weighted by Gasteiger charge is 2.11. The average molecular weight is 262 g/mol. The van der Waals surface area contributed by atoms with Crippen molar-refractivity contribution in [3.63, 3.8) is 0 Å². The van der Waals surface area contributed by atoms with E-state index < -0.39 is 11.0 Å². The van der Waals surface area contributed by atoms with Crippen LogP contribution in [0.1, 0.15) is 0 Å². The molecule has 1 aromatic heterocycles. The zero-order valence-electron chi connectivity index (χ0n) is 6.60. The van der Waals surface area contributed by atoms with Crippen LogP contribution in [0.25, 0.3) is 0 Å². The molecule has 0 aliphatic carbocycles. The molecule has 0 aliphatic heterocycles. The number of nitrogens with one attached hydrogen (secondary N) is 1. The van der Waals surface area contributed by atoms with E-state index in [1.54, 1.807) is 0 Å². The largest absolute Gasteiger partial charge is 0.465 e. The molecule has 0 aromatic carbocycles. The first-order chi connectivity index (χ1) is 6.50. The quantitative estimate of drug-likeness (QED) is 0.624. The number of hydrogen-bond acceptors (Lipinski definition) is 4. The lowest BCUT2D eigenvalue weighted by molar-refractivity contribution is -0.385. The van der Waals surface area contributed by atoms with Gasteiger partial charge in [-0.3, -0.25) is 15.4 Å². The normalized spacial score (nSPS) is 9.50. The van der Waals surface area contributed by atoms with Crippen molar-refractivity contribution in [2.45, 2.75) is 0 Å². The molecule has 1 heterocycles. The molecule has 0 aliphatic rings. The molecular weight excluding hydrogens is 258 g/mol. The third-order valence-electron chi connectivity index (χ3n) is 1.26. The van der Waals surface area contributed by atoms with Crippen LogP contribution in [0.2, 0.25) is 0 Å². The Hall–Kier alpha value is -1.70. The van der Waals surface area contributed by atoms with Gasteiger partial charge in [-0.25, -0.2) is 9.78 Å². The molecular formula is C6H4BrN3O4. The molecule has 0 saturated heterocycles. The standard InChI is InChI=1S/C6H4BrN3O4/c7-4-1-3(10(13)14)2-8-5(4)9-6(11)12/h1-2H,(H,8,9)(H,11,12). The van der Waals surface area contributed by atoms with E-state index in [0.29, 0.717) is 0 Å². The minimum atomic E-state index is -1.29. The van der Waals surface area contributed by atoms with Crippen LogP contribution < -0.4 is 5.32 Å². The second-order valence-electron chi connectivity index (χ2n) is 2.21. The van der Waals surface area contributed by atoms with Gasteiger partial charge < -0.3 is 5.11 Å². The minimum Gasteiger partial charge on any atom is -0.465 e. The Labute approximate surface area is 86.0 Å². The van der Waals surface area contributed by atoms with Gasteiger partial charge in [-0.05, 0) is 15.9 Å². The molecule has 0 bridgehead atoms. The number of anilines is 1. The number of pyridine rings is 1. The summed E-state index contributed by atoms with van der Waals surface area (Å²) < 4.78 is 0.217. The molecule has 14 heavy (non-hydrogen) atoms. The highest BCUT2D eigenvalue weighted by Crippen LogP contribution is 2.24. The SMILES string of the molecule is O=C(O)Nc1ncc([N+](=O)[O-])cc1Br. The Morgan fingerprint density at radius 3 is 2.79 bits per heavy atom. The van der Waals surface area contributed by atoms with Crippen molar-refractivity contribution < 1.29 is 14.8 Å². The topological polar surface area (TPSA) is 105 Å². The molecule has 74 valence electrons. The van der Waals surface area contributed by atoms with Gasteiger partial charge in [-0.1, -0.05) is 0 Å². The summed E-state index contributed by atoms with van der Waals surface area (Å²) >= 11 is 2.95. The van der Waals surface area contributed by atoms with Gasteiger partial charge in [0.1, 0.15) is 12.0 Å². The van der Waals surface area contributed by atoms with Gasteiger partial charge >= 0.3 is 6.09 Å². The molecule has 0 unspecified atom stereocenters. The highest BCUT2D eigenvalue weighted by molar-refractivity contribution is 9.10. The molecule has 8 heteroatoms. The third kappa shape index (κ3) is 2.39. The molecule has 0 fully saturated rings. The lowest BCUT2D eigenvalue weighted by Gasteiger charge is -2.01. The second-order valence-corrected chi connectivity index (χ2v) is 3.07. The number of nitrogens with zero attached hydrogens (tertiary/aromatic N) is 2. The molecule has 0 saturated carbocycles. The molecule has 0 spiro atoms. The maximum atomic E-state index is 10.3. The van der Waals surface area contributed by atoms with Gasteiger partial charge in [0.25, 0.3) is 5.69 Å². The smallest absolute Gasteiger partial charge is 0.410 e. The van der Waals surface area contributed by atoms with Crippen molar-refractivity contribution in [3.8, 4) is 0 Å². The van der Waals surface area contributed by atoms with E-state index in [1.807, 2.05) is 5.32 Å². The van der Waals surface area contributed by atoms with Crippen LogP contribution in [0.4, 0.5) is 16.3 Å². The Bertz CT molecular complexity index is 395. The van der Waals surface area contributed by atoms with Crippen molar-refractivity contribution >= 4 is 33.5 Å². The zero-order valence-corrected chi connectivity index (χ0v) is 8.19. The van der Waals surface area contributed by atoms with E-state index in [-0.39, 0.29) is 16.0 Å². The van der Waals surface area contributed by atoms with E-state index in [4.69, 9.17) is 5.11 Å². The van der Waals surface area contributed by atoms with Crippen LogP contribution in [-0.4, -0.2) is 21.1 Å². The van der Waals surface area contributed by atoms with Crippen LogP contribution in [0.5, 0.6) is 0 Å². The number of hydrogen-bond donors (Lipinski definition) is 2. The Morgan fingerprint density at radius 1 is 1.71 bits per heavy atom. The Kier molecular flexibility index (Phi) is 2.97. The summed E-state index contributed by atoms with van der Waals surface area (Å²) in [5.74, 6) is 0.0168. The van der Waals surface area contributed by atoms with Gasteiger partial charge in [0.2, 0.25) is 0 Å². The van der Waals surface area contributed by atoms with Gasteiger partial charge in [-0.15, -0.1) is 0 Å². The first-order valence-corrected chi connectivity index (χ1v) is 4.10. The summed E-state index contributed by atoms with van der Waals surface area (Å²) in [5, 5.41) is 20.6. The van der Waals surface area contributed by atoms with Crippen LogP contribution in [0.3, 0.4) is 0 Å². The van der Waals surface area contributed by atoms with Gasteiger partial charge in [0, 0.05) is 6.07 Å². The Morgan fingerprint density at radius 2 is 2.36 bits per heavy atom. The highest BCUT2D eigenvalue weighted by atomic mass is 79.9. The zero-order chi connectivity index (χ0) is 10.7. The van der Waals surface area contributed by atoms with E-state index in [0.717, 1.165) is 12.3 Å². The summed E-state index contributed by atoms with van der Waals surface area (Å²) in [7, 11) is 0. The van der Waals surface area contributed by atoms with Crippen LogP contribution in [0.15, 0.2) is 16.7 Å². The first kappa shape index (κ1) is 10.4. The monoisotopic (exact) mass is 261 g/mol. The lowest BCUT2D eigenvalue weighted by atomic mass is 10.4. The van der Waals surface area contributed by atoms with Crippen molar-refractivity contribution in [3.05, 3.63) is 26.9 Å². The number of nitro groups is 1. The number of aromatic nitrogens is 1. The maximum absolute atomic E-state index is 10.3. The summed E-state index contributed by atoms with van der Waals surface area (Å²) in [4.78, 5) is 23.5. The van der Waals surface area contributed by atoms with Crippen molar-refractivity contribution in [2.75, 3.05) is 5.32 Å². The molecule has 0 radical (unpaired) electrons. The van der Waals surface area contributed by atoms with Gasteiger partial charge in [0.15, 0.2) is 0 Å². The fourth-order valence-electron chi connectivity index (χ4n) is 0.721. The predicted molar refractivity (Wildman–Crippen MR) is 50.2 cm³/mol. The summed E-state index contributed by atoms with van der Waals surface area (Å²) in [5.41, 5.74) is -0.215. The second kappa shape index (κ2) is 4.01. The van der Waals surface area contributed by atoms with Crippen molar-refractivity contribution in [1.82, 2.24) is 4.98 Å². The molecule has 1 rings (SSSR count). The van der Waals surface area contributed by atoms with E-state index in [2.05, 4.69) is 20.9 Å². The Balaban J connectivity index is 3.01. The van der Waals surface area contributed by atoms with E-state index >= 15 is 0 Å². The number of amides is 1. The molecule has 1 aromatic rings. The summed E-state index contributed by atoms with van der Waals surface area (Å²) in [6.45, 7) is 0. The molecule has 1 amide bonds. The van der Waals surface area contributed by atoms with Gasteiger partial charge in [0.05, 0.1) is 9.40 Å². The molecule has 2 N–H and O–H groups in total. The lowest BCUT2D eigenvalue weighted by Crippen LogP contribution is -2.09. The number of halogens is 1. The van der Waals surface area contributed by atoms with Crippen LogP contribution >= 0.6 is 15.9 Å². The van der Waals surface area contributed by atoms with Crippen LogP contribution in [-0.2, 0) is 0 Å². The van der Waals surface area contributed by atoms with Crippen molar-refractivity contribution in [1.29, 1.82) is 0 Å². The third-order valence-corrected chi connectivity index (χ3v) is 1.87. The summed E-state index contributed by atoms with van der Waals surface area (Å²) in [6, 6.07) is 1.16. The number of carbonyl (C=O) groups is 1. The fourth-order valence-corrected chi connectivity index (χ4v) is 1.16. The maximum Gasteiger partial charge on any atom is 0.410 e. The average Bonchev–Trinajstić information content (AvgIpc) is 2.07. The summed E-state index contributed by atoms with van der Waals surface area (Å²) in [6.07, 6.45) is -0.317. The fraction of sp³-hybridized carbons (Fsp3) is 0. The predicted octanol–water partition coefficient (Wildman–Crippen LogP) is 1.84. The first-order valence-electron chi connectivity index (χ1n) is 3.30. The van der Waals surface area contributed by atoms with E-state index in [9.17, 15) is 14.9 Å². The number of carboxylic acid groups (broad SMARTS) is 1. The van der Waals surface area contributed by atoms with Gasteiger partial charge in [-0.2, -0.15) is 0 Å². The number of rotatable bonds is 2. The van der Waals surface area contributed by atoms with Crippen molar-refractivity contribution in [2.24, 2.45) is 0 Å². The molecule has 0 atom stereocenters.